The van der Waals surface area contributed by atoms with E-state index in [2.05, 4.69) is 35.9 Å². The zero-order valence-electron chi connectivity index (χ0n) is 17.5. The number of aromatic nitrogens is 2. The van der Waals surface area contributed by atoms with E-state index >= 15 is 0 Å². The van der Waals surface area contributed by atoms with Crippen molar-refractivity contribution in [3.05, 3.63) is 77.5 Å². The Kier molecular flexibility index (Phi) is 6.09. The molecule has 0 aliphatic carbocycles. The quantitative estimate of drug-likeness (QED) is 0.631. The highest BCUT2D eigenvalue weighted by Gasteiger charge is 2.17. The van der Waals surface area contributed by atoms with Gasteiger partial charge in [0, 0.05) is 31.4 Å². The van der Waals surface area contributed by atoms with Gasteiger partial charge in [0.05, 0.1) is 4.90 Å². The molecule has 0 spiro atoms. The summed E-state index contributed by atoms with van der Waals surface area (Å²) < 4.78 is 29.3. The minimum Gasteiger partial charge on any atom is -0.305 e. The summed E-state index contributed by atoms with van der Waals surface area (Å²) in [7, 11) is -1.86. The van der Waals surface area contributed by atoms with Crippen LogP contribution in [-0.4, -0.2) is 24.1 Å². The fourth-order valence-corrected chi connectivity index (χ4v) is 3.86. The highest BCUT2D eigenvalue weighted by Crippen LogP contribution is 2.23. The molecule has 1 amide bonds. The number of amides is 1. The molecular weight excluding hydrogens is 400 g/mol. The maximum Gasteiger partial charge on any atom is 0.256 e. The second kappa shape index (κ2) is 8.41. The van der Waals surface area contributed by atoms with E-state index in [9.17, 15) is 13.2 Å². The second-order valence-electron chi connectivity index (χ2n) is 8.12. The molecule has 0 atom stereocenters. The van der Waals surface area contributed by atoms with Crippen LogP contribution < -0.4 is 10.0 Å². The normalized spacial score (nSPS) is 12.0. The Balaban J connectivity index is 1.62. The van der Waals surface area contributed by atoms with Crippen LogP contribution in [0, 0.1) is 0 Å². The van der Waals surface area contributed by atoms with Crippen LogP contribution in [0.3, 0.4) is 0 Å². The fourth-order valence-electron chi connectivity index (χ4n) is 2.84. The molecule has 30 heavy (non-hydrogen) atoms. The molecule has 0 bridgehead atoms. The van der Waals surface area contributed by atoms with Gasteiger partial charge in [-0.1, -0.05) is 45.0 Å². The number of benzene rings is 2. The van der Waals surface area contributed by atoms with E-state index in [1.54, 1.807) is 60.4 Å². The summed E-state index contributed by atoms with van der Waals surface area (Å²) in [5.74, 6) is 0.191. The summed E-state index contributed by atoms with van der Waals surface area (Å²) in [5, 5.41) is 6.81. The largest absolute Gasteiger partial charge is 0.305 e. The van der Waals surface area contributed by atoms with Crippen LogP contribution >= 0.6 is 0 Å². The fraction of sp³-hybridized carbons (Fsp3) is 0.273. The first-order chi connectivity index (χ1) is 14.0. The lowest BCUT2D eigenvalue weighted by molar-refractivity contribution is 0.102. The summed E-state index contributed by atoms with van der Waals surface area (Å²) in [6, 6.07) is 15.4. The Labute approximate surface area is 177 Å². The van der Waals surface area contributed by atoms with Crippen molar-refractivity contribution >= 4 is 21.7 Å². The number of nitrogens with one attached hydrogen (secondary N) is 2. The van der Waals surface area contributed by atoms with Gasteiger partial charge in [0.2, 0.25) is 10.0 Å². The van der Waals surface area contributed by atoms with Gasteiger partial charge >= 0.3 is 0 Å². The Morgan fingerprint density at radius 1 is 1.00 bits per heavy atom. The lowest BCUT2D eigenvalue weighted by atomic mass is 9.87. The number of carbonyl (C=O) groups excluding carboxylic acids is 1. The van der Waals surface area contributed by atoms with E-state index in [0.29, 0.717) is 11.4 Å². The highest BCUT2D eigenvalue weighted by atomic mass is 32.2. The van der Waals surface area contributed by atoms with Gasteiger partial charge in [-0.05, 0) is 40.8 Å². The van der Waals surface area contributed by atoms with Gasteiger partial charge < -0.3 is 5.32 Å². The van der Waals surface area contributed by atoms with Crippen molar-refractivity contribution in [2.45, 2.75) is 37.6 Å². The lowest BCUT2D eigenvalue weighted by Crippen LogP contribution is -2.23. The smallest absolute Gasteiger partial charge is 0.256 e. The van der Waals surface area contributed by atoms with Gasteiger partial charge in [0.15, 0.2) is 5.82 Å². The first-order valence-electron chi connectivity index (χ1n) is 9.55. The molecule has 0 saturated carbocycles. The van der Waals surface area contributed by atoms with Crippen LogP contribution in [0.15, 0.2) is 65.7 Å². The molecule has 2 aromatic carbocycles. The Morgan fingerprint density at radius 2 is 1.63 bits per heavy atom. The Hall–Kier alpha value is -2.97. The first-order valence-corrected chi connectivity index (χ1v) is 11.0. The van der Waals surface area contributed by atoms with E-state index in [4.69, 9.17) is 0 Å². The molecule has 0 radical (unpaired) electrons. The number of rotatable bonds is 6. The summed E-state index contributed by atoms with van der Waals surface area (Å²) in [6.07, 6.45) is 1.74. The molecule has 3 rings (SSSR count). The van der Waals surface area contributed by atoms with Crippen LogP contribution in [0.4, 0.5) is 5.82 Å². The monoisotopic (exact) mass is 426 g/mol. The molecule has 0 saturated heterocycles. The molecule has 158 valence electrons. The molecule has 0 aliphatic rings. The van der Waals surface area contributed by atoms with Gasteiger partial charge in [-0.25, -0.2) is 13.1 Å². The van der Waals surface area contributed by atoms with Gasteiger partial charge in [0.1, 0.15) is 0 Å². The number of hydrogen-bond acceptors (Lipinski definition) is 4. The zero-order valence-corrected chi connectivity index (χ0v) is 18.3. The van der Waals surface area contributed by atoms with E-state index in [1.807, 2.05) is 12.1 Å². The van der Waals surface area contributed by atoms with Crippen molar-refractivity contribution in [2.24, 2.45) is 7.05 Å². The lowest BCUT2D eigenvalue weighted by Gasteiger charge is -2.19. The molecule has 7 nitrogen and oxygen atoms in total. The van der Waals surface area contributed by atoms with Crippen molar-refractivity contribution in [3.63, 3.8) is 0 Å². The number of carbonyl (C=O) groups is 1. The van der Waals surface area contributed by atoms with Crippen molar-refractivity contribution in [2.75, 3.05) is 5.32 Å². The third-order valence-corrected chi connectivity index (χ3v) is 6.09. The SMILES string of the molecule is Cn1ccc(NC(=O)c2ccc(CNS(=O)(=O)c3ccc(C(C)(C)C)cc3)cc2)n1. The molecule has 0 unspecified atom stereocenters. The summed E-state index contributed by atoms with van der Waals surface area (Å²) in [5.41, 5.74) is 2.24. The number of hydrogen-bond donors (Lipinski definition) is 2. The summed E-state index contributed by atoms with van der Waals surface area (Å²) >= 11 is 0. The van der Waals surface area contributed by atoms with Crippen LogP contribution in [0.5, 0.6) is 0 Å². The highest BCUT2D eigenvalue weighted by molar-refractivity contribution is 7.89. The molecular formula is C22H26N4O3S. The molecule has 1 heterocycles. The number of aryl methyl sites for hydroxylation is 1. The van der Waals surface area contributed by atoms with E-state index < -0.39 is 10.0 Å². The third-order valence-electron chi connectivity index (χ3n) is 4.67. The van der Waals surface area contributed by atoms with Gasteiger partial charge in [-0.3, -0.25) is 9.48 Å². The van der Waals surface area contributed by atoms with E-state index in [-0.39, 0.29) is 22.8 Å². The van der Waals surface area contributed by atoms with Crippen LogP contribution in [0.1, 0.15) is 42.3 Å². The summed E-state index contributed by atoms with van der Waals surface area (Å²) in [6.45, 7) is 6.37. The molecule has 0 fully saturated rings. The average molecular weight is 427 g/mol. The number of anilines is 1. The topological polar surface area (TPSA) is 93.1 Å². The molecule has 2 N–H and O–H groups in total. The molecule has 0 aliphatic heterocycles. The van der Waals surface area contributed by atoms with Gasteiger partial charge in [0.25, 0.3) is 5.91 Å². The van der Waals surface area contributed by atoms with Crippen molar-refractivity contribution in [1.82, 2.24) is 14.5 Å². The standard InChI is InChI=1S/C22H26N4O3S/c1-22(2,3)18-9-11-19(12-10-18)30(28,29)23-15-16-5-7-17(8-6-16)21(27)24-20-13-14-26(4)25-20/h5-14,23H,15H2,1-4H3,(H,24,25,27). The van der Waals surface area contributed by atoms with Crippen molar-refractivity contribution < 1.29 is 13.2 Å². The van der Waals surface area contributed by atoms with E-state index in [1.165, 1.54) is 0 Å². The summed E-state index contributed by atoms with van der Waals surface area (Å²) in [4.78, 5) is 12.5. The van der Waals surface area contributed by atoms with Crippen LogP contribution in [0.25, 0.3) is 0 Å². The Morgan fingerprint density at radius 3 is 2.17 bits per heavy atom. The minimum absolute atomic E-state index is 0.0413. The van der Waals surface area contributed by atoms with Crippen LogP contribution in [0.2, 0.25) is 0 Å². The Bertz CT molecular complexity index is 1130. The second-order valence-corrected chi connectivity index (χ2v) is 9.89. The molecule has 3 aromatic rings. The number of sulfonamides is 1. The first kappa shape index (κ1) is 21.7. The molecule has 8 heteroatoms. The third kappa shape index (κ3) is 5.34. The van der Waals surface area contributed by atoms with E-state index in [0.717, 1.165) is 11.1 Å². The average Bonchev–Trinajstić information content (AvgIpc) is 3.11. The maximum absolute atomic E-state index is 12.6. The minimum atomic E-state index is -3.63. The number of nitrogens with zero attached hydrogens (tertiary/aromatic N) is 2. The van der Waals surface area contributed by atoms with Crippen LogP contribution in [-0.2, 0) is 29.0 Å². The maximum atomic E-state index is 12.6. The molecule has 1 aromatic heterocycles. The predicted molar refractivity (Wildman–Crippen MR) is 117 cm³/mol. The predicted octanol–water partition coefficient (Wildman–Crippen LogP) is 3.45. The van der Waals surface area contributed by atoms with Crippen molar-refractivity contribution in [3.8, 4) is 0 Å². The van der Waals surface area contributed by atoms with Gasteiger partial charge in [-0.15, -0.1) is 0 Å². The zero-order chi connectivity index (χ0) is 21.9. The van der Waals surface area contributed by atoms with Gasteiger partial charge in [-0.2, -0.15) is 5.10 Å². The van der Waals surface area contributed by atoms with Crippen molar-refractivity contribution in [1.29, 1.82) is 0 Å².